The Morgan fingerprint density at radius 1 is 1.43 bits per heavy atom. The van der Waals surface area contributed by atoms with Crippen molar-refractivity contribution >= 4 is 16.0 Å². The molecule has 0 fully saturated rings. The molecule has 0 saturated heterocycles. The molecule has 0 heterocycles. The van der Waals surface area contributed by atoms with Gasteiger partial charge in [0.15, 0.2) is 0 Å². The number of methoxy groups -OCH3 is 1. The molecule has 0 radical (unpaired) electrons. The summed E-state index contributed by atoms with van der Waals surface area (Å²) in [6.45, 7) is 0.1000. The maximum atomic E-state index is 11.2. The summed E-state index contributed by atoms with van der Waals surface area (Å²) in [6.07, 6.45) is 0. The molecule has 0 aromatic heterocycles. The van der Waals surface area contributed by atoms with Gasteiger partial charge < -0.3 is 9.64 Å². The molecular weight excluding hydrogens is 208 g/mol. The Balaban J connectivity index is 3.90. The second kappa shape index (κ2) is 5.94. The Morgan fingerprint density at radius 3 is 2.43 bits per heavy atom. The van der Waals surface area contributed by atoms with Crippen molar-refractivity contribution in [1.82, 2.24) is 9.62 Å². The van der Waals surface area contributed by atoms with Crippen LogP contribution in [-0.4, -0.2) is 59.3 Å². The van der Waals surface area contributed by atoms with Gasteiger partial charge in [-0.25, -0.2) is 13.1 Å². The van der Waals surface area contributed by atoms with E-state index in [-0.39, 0.29) is 12.3 Å². The van der Waals surface area contributed by atoms with Gasteiger partial charge in [0.25, 0.3) is 0 Å². The standard InChI is InChI=1S/C7H16N2O4S/c1-9(2)4-5-14(11,12)8-6-7(10)13-3/h8H,4-6H2,1-3H3. The monoisotopic (exact) mass is 224 g/mol. The average Bonchev–Trinajstić information content (AvgIpc) is 2.11. The lowest BCUT2D eigenvalue weighted by Gasteiger charge is -2.10. The van der Waals surface area contributed by atoms with Crippen molar-refractivity contribution in [1.29, 1.82) is 0 Å². The van der Waals surface area contributed by atoms with Crippen LogP contribution in [0.15, 0.2) is 0 Å². The van der Waals surface area contributed by atoms with E-state index in [0.717, 1.165) is 0 Å². The van der Waals surface area contributed by atoms with Crippen LogP contribution in [0, 0.1) is 0 Å². The number of hydrogen-bond acceptors (Lipinski definition) is 5. The van der Waals surface area contributed by atoms with E-state index in [2.05, 4.69) is 9.46 Å². The molecule has 0 bridgehead atoms. The summed E-state index contributed by atoms with van der Waals surface area (Å²) < 4.78 is 28.9. The third kappa shape index (κ3) is 6.81. The van der Waals surface area contributed by atoms with Crippen LogP contribution in [0.3, 0.4) is 0 Å². The van der Waals surface area contributed by atoms with Crippen molar-refractivity contribution in [2.75, 3.05) is 40.0 Å². The molecule has 7 heteroatoms. The van der Waals surface area contributed by atoms with Crippen LogP contribution in [0.2, 0.25) is 0 Å². The van der Waals surface area contributed by atoms with E-state index in [9.17, 15) is 13.2 Å². The van der Waals surface area contributed by atoms with Gasteiger partial charge in [0, 0.05) is 6.54 Å². The molecule has 6 nitrogen and oxygen atoms in total. The van der Waals surface area contributed by atoms with Crippen LogP contribution in [0.1, 0.15) is 0 Å². The largest absolute Gasteiger partial charge is 0.468 e. The number of carbonyl (C=O) groups is 1. The second-order valence-electron chi connectivity index (χ2n) is 3.02. The van der Waals surface area contributed by atoms with Gasteiger partial charge in [-0.15, -0.1) is 0 Å². The summed E-state index contributed by atoms with van der Waals surface area (Å²) in [5.74, 6) is -0.629. The van der Waals surface area contributed by atoms with E-state index < -0.39 is 16.0 Å². The van der Waals surface area contributed by atoms with Gasteiger partial charge in [-0.1, -0.05) is 0 Å². The van der Waals surface area contributed by atoms with E-state index in [1.54, 1.807) is 19.0 Å². The molecule has 0 rings (SSSR count). The van der Waals surface area contributed by atoms with Gasteiger partial charge in [0.1, 0.15) is 6.54 Å². The van der Waals surface area contributed by atoms with Crippen molar-refractivity contribution in [3.63, 3.8) is 0 Å². The van der Waals surface area contributed by atoms with Gasteiger partial charge in [-0.05, 0) is 14.1 Å². The molecule has 0 aliphatic heterocycles. The zero-order valence-corrected chi connectivity index (χ0v) is 9.43. The highest BCUT2D eigenvalue weighted by Gasteiger charge is 2.12. The summed E-state index contributed by atoms with van der Waals surface area (Å²) in [4.78, 5) is 12.4. The maximum Gasteiger partial charge on any atom is 0.320 e. The molecule has 0 aliphatic carbocycles. The normalized spacial score (nSPS) is 11.7. The average molecular weight is 224 g/mol. The van der Waals surface area contributed by atoms with Gasteiger partial charge in [-0.3, -0.25) is 4.79 Å². The number of ether oxygens (including phenoxy) is 1. The molecule has 0 spiro atoms. The van der Waals surface area contributed by atoms with E-state index in [1.165, 1.54) is 7.11 Å². The summed E-state index contributed by atoms with van der Waals surface area (Å²) in [5, 5.41) is 0. The van der Waals surface area contributed by atoms with Gasteiger partial charge in [-0.2, -0.15) is 0 Å². The Labute approximate surface area is 84.3 Å². The number of esters is 1. The summed E-state index contributed by atoms with van der Waals surface area (Å²) in [7, 11) is 1.38. The first kappa shape index (κ1) is 13.3. The minimum Gasteiger partial charge on any atom is -0.468 e. The van der Waals surface area contributed by atoms with Crippen LogP contribution < -0.4 is 4.72 Å². The number of nitrogens with zero attached hydrogens (tertiary/aromatic N) is 1. The van der Waals surface area contributed by atoms with Crippen LogP contribution in [0.4, 0.5) is 0 Å². The minimum absolute atomic E-state index is 0.0308. The van der Waals surface area contributed by atoms with E-state index in [1.807, 2.05) is 0 Å². The van der Waals surface area contributed by atoms with Crippen molar-refractivity contribution in [3.05, 3.63) is 0 Å². The van der Waals surface area contributed by atoms with Crippen molar-refractivity contribution in [2.24, 2.45) is 0 Å². The summed E-state index contributed by atoms with van der Waals surface area (Å²) >= 11 is 0. The number of hydrogen-bond donors (Lipinski definition) is 1. The molecule has 0 unspecified atom stereocenters. The van der Waals surface area contributed by atoms with Gasteiger partial charge in [0.2, 0.25) is 10.0 Å². The Kier molecular flexibility index (Phi) is 5.66. The maximum absolute atomic E-state index is 11.2. The smallest absolute Gasteiger partial charge is 0.320 e. The highest BCUT2D eigenvalue weighted by atomic mass is 32.2. The van der Waals surface area contributed by atoms with E-state index in [4.69, 9.17) is 0 Å². The first-order valence-electron chi connectivity index (χ1n) is 4.06. The van der Waals surface area contributed by atoms with Gasteiger partial charge in [0.05, 0.1) is 12.9 Å². The fourth-order valence-corrected chi connectivity index (χ4v) is 1.70. The molecule has 0 aromatic rings. The molecule has 0 atom stereocenters. The summed E-state index contributed by atoms with van der Waals surface area (Å²) in [6, 6.07) is 0. The molecule has 84 valence electrons. The van der Waals surface area contributed by atoms with E-state index >= 15 is 0 Å². The highest BCUT2D eigenvalue weighted by Crippen LogP contribution is 1.86. The van der Waals surface area contributed by atoms with Crippen LogP contribution in [0.25, 0.3) is 0 Å². The molecular formula is C7H16N2O4S. The molecule has 0 amide bonds. The first-order valence-corrected chi connectivity index (χ1v) is 5.71. The van der Waals surface area contributed by atoms with Crippen LogP contribution in [0.5, 0.6) is 0 Å². The zero-order valence-electron chi connectivity index (χ0n) is 8.61. The Morgan fingerprint density at radius 2 is 2.00 bits per heavy atom. The fraction of sp³-hybridized carbons (Fsp3) is 0.857. The van der Waals surface area contributed by atoms with Crippen LogP contribution >= 0.6 is 0 Å². The lowest BCUT2D eigenvalue weighted by Crippen LogP contribution is -2.35. The molecule has 0 saturated carbocycles. The first-order chi connectivity index (χ1) is 6.37. The van der Waals surface area contributed by atoms with Crippen molar-refractivity contribution in [3.8, 4) is 0 Å². The van der Waals surface area contributed by atoms with E-state index in [0.29, 0.717) is 6.54 Å². The fourth-order valence-electron chi connectivity index (χ4n) is 0.616. The third-order valence-electron chi connectivity index (χ3n) is 1.47. The second-order valence-corrected chi connectivity index (χ2v) is 4.95. The highest BCUT2D eigenvalue weighted by molar-refractivity contribution is 7.89. The molecule has 0 aliphatic rings. The van der Waals surface area contributed by atoms with Crippen molar-refractivity contribution < 1.29 is 17.9 Å². The summed E-state index contributed by atoms with van der Waals surface area (Å²) in [5.41, 5.74) is 0. The molecule has 14 heavy (non-hydrogen) atoms. The number of sulfonamides is 1. The number of carbonyl (C=O) groups excluding carboxylic acids is 1. The quantitative estimate of drug-likeness (QED) is 0.564. The lowest BCUT2D eigenvalue weighted by atomic mass is 10.7. The molecule has 0 aromatic carbocycles. The predicted octanol–water partition coefficient (Wildman–Crippen LogP) is -1.36. The van der Waals surface area contributed by atoms with Gasteiger partial charge >= 0.3 is 5.97 Å². The Bertz CT molecular complexity index is 273. The third-order valence-corrected chi connectivity index (χ3v) is 2.78. The van der Waals surface area contributed by atoms with Crippen molar-refractivity contribution in [2.45, 2.75) is 0 Å². The SMILES string of the molecule is COC(=O)CNS(=O)(=O)CCN(C)C. The minimum atomic E-state index is -3.37. The topological polar surface area (TPSA) is 75.7 Å². The molecule has 1 N–H and O–H groups in total. The predicted molar refractivity (Wildman–Crippen MR) is 52.4 cm³/mol. The number of rotatable bonds is 6. The zero-order chi connectivity index (χ0) is 11.2. The number of nitrogens with one attached hydrogen (secondary N) is 1. The van der Waals surface area contributed by atoms with Crippen LogP contribution in [-0.2, 0) is 19.6 Å². The lowest BCUT2D eigenvalue weighted by molar-refractivity contribution is -0.139. The Hall–Kier alpha value is -0.660.